The highest BCUT2D eigenvalue weighted by atomic mass is 16.7. The van der Waals surface area contributed by atoms with Gasteiger partial charge in [0, 0.05) is 34.4 Å². The first-order chi connectivity index (χ1) is 8.80. The van der Waals surface area contributed by atoms with Gasteiger partial charge in [-0.25, -0.2) is 4.79 Å². The Hall–Kier alpha value is -0.850. The van der Waals surface area contributed by atoms with E-state index in [-0.39, 0.29) is 12.4 Å². The molecule has 114 valence electrons. The molecule has 0 fully saturated rings. The van der Waals surface area contributed by atoms with Crippen molar-refractivity contribution in [3.63, 3.8) is 0 Å². The van der Waals surface area contributed by atoms with Crippen LogP contribution in [0.2, 0.25) is 0 Å². The molecule has 0 aliphatic carbocycles. The summed E-state index contributed by atoms with van der Waals surface area (Å²) >= 11 is 0. The summed E-state index contributed by atoms with van der Waals surface area (Å²) in [5.74, 6) is 0. The van der Waals surface area contributed by atoms with Crippen molar-refractivity contribution in [1.29, 1.82) is 0 Å². The molecule has 1 amide bonds. The van der Waals surface area contributed by atoms with Crippen LogP contribution in [0, 0.1) is 0 Å². The van der Waals surface area contributed by atoms with Crippen LogP contribution in [0.15, 0.2) is 0 Å². The van der Waals surface area contributed by atoms with E-state index in [1.54, 1.807) is 26.2 Å². The number of rotatable bonds is 8. The van der Waals surface area contributed by atoms with Crippen LogP contribution >= 0.6 is 0 Å². The first kappa shape index (κ1) is 18.1. The second kappa shape index (κ2) is 9.12. The van der Waals surface area contributed by atoms with Gasteiger partial charge in [-0.2, -0.15) is 0 Å². The van der Waals surface area contributed by atoms with Crippen molar-refractivity contribution < 1.29 is 19.0 Å². The Kier molecular flexibility index (Phi) is 8.71. The molecule has 0 aliphatic rings. The highest BCUT2D eigenvalue weighted by Crippen LogP contribution is 2.08. The lowest BCUT2D eigenvalue weighted by atomic mass is 10.2. The monoisotopic (exact) mass is 276 g/mol. The van der Waals surface area contributed by atoms with Crippen LogP contribution < -0.4 is 5.32 Å². The summed E-state index contributed by atoms with van der Waals surface area (Å²) in [6.45, 7) is 7.63. The Balaban J connectivity index is 3.69. The predicted molar refractivity (Wildman–Crippen MR) is 74.2 cm³/mol. The fourth-order valence-electron chi connectivity index (χ4n) is 1.36. The van der Waals surface area contributed by atoms with Crippen LogP contribution in [-0.2, 0) is 14.2 Å². The number of ether oxygens (including phenoxy) is 3. The molecule has 0 aromatic rings. The van der Waals surface area contributed by atoms with E-state index in [4.69, 9.17) is 14.2 Å². The van der Waals surface area contributed by atoms with Crippen molar-refractivity contribution in [1.82, 2.24) is 10.2 Å². The predicted octanol–water partition coefficient (Wildman–Crippen LogP) is 1.45. The van der Waals surface area contributed by atoms with Gasteiger partial charge < -0.3 is 24.4 Å². The second-order valence-corrected chi connectivity index (χ2v) is 5.36. The van der Waals surface area contributed by atoms with Crippen LogP contribution in [0.1, 0.15) is 27.2 Å². The third-order valence-corrected chi connectivity index (χ3v) is 2.39. The molecule has 0 aliphatic heterocycles. The van der Waals surface area contributed by atoms with Gasteiger partial charge in [0.2, 0.25) is 0 Å². The van der Waals surface area contributed by atoms with Gasteiger partial charge in [0.15, 0.2) is 6.29 Å². The quantitative estimate of drug-likeness (QED) is 0.537. The van der Waals surface area contributed by atoms with Crippen LogP contribution in [0.25, 0.3) is 0 Å². The molecule has 0 atom stereocenters. The molecule has 19 heavy (non-hydrogen) atoms. The largest absolute Gasteiger partial charge is 0.444 e. The molecule has 0 unspecified atom stereocenters. The average molecular weight is 276 g/mol. The highest BCUT2D eigenvalue weighted by molar-refractivity contribution is 5.67. The number of amides is 1. The summed E-state index contributed by atoms with van der Waals surface area (Å²) in [7, 11) is 4.94. The molecule has 0 aromatic heterocycles. The minimum atomic E-state index is -0.451. The second-order valence-electron chi connectivity index (χ2n) is 5.36. The van der Waals surface area contributed by atoms with E-state index >= 15 is 0 Å². The SMILES string of the molecule is COC(CNCCCN(C)C(=O)OC(C)(C)C)OC. The van der Waals surface area contributed by atoms with Crippen molar-refractivity contribution >= 4 is 6.09 Å². The smallest absolute Gasteiger partial charge is 0.410 e. The molecule has 0 spiro atoms. The van der Waals surface area contributed by atoms with Gasteiger partial charge in [0.1, 0.15) is 5.60 Å². The molecule has 6 nitrogen and oxygen atoms in total. The van der Waals surface area contributed by atoms with Crippen LogP contribution in [0.4, 0.5) is 4.79 Å². The topological polar surface area (TPSA) is 60.0 Å². The van der Waals surface area contributed by atoms with Crippen molar-refractivity contribution in [2.75, 3.05) is 40.9 Å². The maximum Gasteiger partial charge on any atom is 0.410 e. The number of hydrogen-bond acceptors (Lipinski definition) is 5. The molecular weight excluding hydrogens is 248 g/mol. The molecule has 0 rings (SSSR count). The molecule has 0 aromatic carbocycles. The summed E-state index contributed by atoms with van der Waals surface area (Å²) in [6.07, 6.45) is 0.318. The molecule has 1 N–H and O–H groups in total. The third-order valence-electron chi connectivity index (χ3n) is 2.39. The summed E-state index contributed by atoms with van der Waals surface area (Å²) in [4.78, 5) is 13.2. The van der Waals surface area contributed by atoms with Crippen molar-refractivity contribution in [3.8, 4) is 0 Å². The summed E-state index contributed by atoms with van der Waals surface area (Å²) < 4.78 is 15.4. The number of hydrogen-bond donors (Lipinski definition) is 1. The minimum absolute atomic E-state index is 0.233. The molecule has 0 radical (unpaired) electrons. The molecule has 0 heterocycles. The molecular formula is C13H28N2O4. The maximum atomic E-state index is 11.7. The van der Waals surface area contributed by atoms with E-state index in [2.05, 4.69) is 5.32 Å². The van der Waals surface area contributed by atoms with Gasteiger partial charge in [0.05, 0.1) is 0 Å². The minimum Gasteiger partial charge on any atom is -0.444 e. The number of carbonyl (C=O) groups is 1. The van der Waals surface area contributed by atoms with E-state index in [1.165, 1.54) is 0 Å². The Morgan fingerprint density at radius 1 is 1.26 bits per heavy atom. The van der Waals surface area contributed by atoms with Crippen molar-refractivity contribution in [2.45, 2.75) is 39.1 Å². The van der Waals surface area contributed by atoms with Crippen LogP contribution in [-0.4, -0.2) is 63.8 Å². The van der Waals surface area contributed by atoms with Gasteiger partial charge in [-0.1, -0.05) is 0 Å². The van der Waals surface area contributed by atoms with Gasteiger partial charge in [0.25, 0.3) is 0 Å². The standard InChI is InChI=1S/C13H28N2O4/c1-13(2,3)19-12(16)15(4)9-7-8-14-10-11(17-5)18-6/h11,14H,7-10H2,1-6H3. The van der Waals surface area contributed by atoms with E-state index < -0.39 is 5.60 Å². The van der Waals surface area contributed by atoms with Crippen LogP contribution in [0.5, 0.6) is 0 Å². The number of methoxy groups -OCH3 is 2. The number of nitrogens with zero attached hydrogens (tertiary/aromatic N) is 1. The molecule has 0 bridgehead atoms. The van der Waals surface area contributed by atoms with Gasteiger partial charge in [-0.15, -0.1) is 0 Å². The summed E-state index contributed by atoms with van der Waals surface area (Å²) in [6, 6.07) is 0. The van der Waals surface area contributed by atoms with Gasteiger partial charge in [-0.3, -0.25) is 0 Å². The molecule has 0 saturated heterocycles. The maximum absolute atomic E-state index is 11.7. The third kappa shape index (κ3) is 9.69. The van der Waals surface area contributed by atoms with E-state index in [0.29, 0.717) is 13.1 Å². The molecule has 0 saturated carbocycles. The Morgan fingerprint density at radius 2 is 1.84 bits per heavy atom. The number of nitrogens with one attached hydrogen (secondary N) is 1. The Morgan fingerprint density at radius 3 is 2.32 bits per heavy atom. The highest BCUT2D eigenvalue weighted by Gasteiger charge is 2.18. The lowest BCUT2D eigenvalue weighted by molar-refractivity contribution is -0.0986. The normalized spacial score (nSPS) is 11.7. The zero-order valence-electron chi connectivity index (χ0n) is 13.0. The van der Waals surface area contributed by atoms with Crippen molar-refractivity contribution in [3.05, 3.63) is 0 Å². The lowest BCUT2D eigenvalue weighted by Crippen LogP contribution is -2.36. The first-order valence-corrected chi connectivity index (χ1v) is 6.50. The fourth-order valence-corrected chi connectivity index (χ4v) is 1.36. The van der Waals surface area contributed by atoms with Crippen molar-refractivity contribution in [2.24, 2.45) is 0 Å². The fraction of sp³-hybridized carbons (Fsp3) is 0.923. The van der Waals surface area contributed by atoms with Gasteiger partial charge >= 0.3 is 6.09 Å². The Bertz CT molecular complexity index is 250. The average Bonchev–Trinajstić information content (AvgIpc) is 2.31. The Labute approximate surface area is 116 Å². The van der Waals surface area contributed by atoms with Gasteiger partial charge in [-0.05, 0) is 33.7 Å². The van der Waals surface area contributed by atoms with E-state index in [1.807, 2.05) is 20.8 Å². The van der Waals surface area contributed by atoms with Crippen LogP contribution in [0.3, 0.4) is 0 Å². The summed E-state index contributed by atoms with van der Waals surface area (Å²) in [5.41, 5.74) is -0.451. The summed E-state index contributed by atoms with van der Waals surface area (Å²) in [5, 5.41) is 3.20. The zero-order chi connectivity index (χ0) is 14.9. The number of carbonyl (C=O) groups excluding carboxylic acids is 1. The molecule has 6 heteroatoms. The van der Waals surface area contributed by atoms with E-state index in [9.17, 15) is 4.79 Å². The zero-order valence-corrected chi connectivity index (χ0v) is 13.0. The van der Waals surface area contributed by atoms with E-state index in [0.717, 1.165) is 13.0 Å². The lowest BCUT2D eigenvalue weighted by Gasteiger charge is -2.24. The first-order valence-electron chi connectivity index (χ1n) is 6.50.